The van der Waals surface area contributed by atoms with Crippen LogP contribution in [0.1, 0.15) is 6.42 Å². The molecule has 8 nitrogen and oxygen atoms in total. The molecule has 0 bridgehead atoms. The van der Waals surface area contributed by atoms with Gasteiger partial charge < -0.3 is 9.64 Å². The lowest BCUT2D eigenvalue weighted by Crippen LogP contribution is -2.28. The van der Waals surface area contributed by atoms with Crippen molar-refractivity contribution in [2.45, 2.75) is 18.1 Å². The van der Waals surface area contributed by atoms with Gasteiger partial charge in [-0.2, -0.15) is 0 Å². The molecular weight excluding hydrogens is 342 g/mol. The Morgan fingerprint density at radius 3 is 3.12 bits per heavy atom. The molecule has 2 aliphatic rings. The standard InChI is InChI=1S/C16H17N5O3S/c1-24-12-4-2-3-11(8-12)21-9-10(7-13(21)22)14(23)17-15-18-19-16-20(15)5-6-25-16/h2-4,8,10H,5-7,9H2,1H3,(H,17,18,23)/t10-/m0/s1. The second-order valence-electron chi connectivity index (χ2n) is 5.90. The van der Waals surface area contributed by atoms with Crippen LogP contribution in [0.25, 0.3) is 0 Å². The van der Waals surface area contributed by atoms with Crippen molar-refractivity contribution in [1.82, 2.24) is 14.8 Å². The van der Waals surface area contributed by atoms with Gasteiger partial charge >= 0.3 is 0 Å². The quantitative estimate of drug-likeness (QED) is 0.887. The summed E-state index contributed by atoms with van der Waals surface area (Å²) in [5, 5.41) is 11.7. The number of carbonyl (C=O) groups excluding carboxylic acids is 2. The van der Waals surface area contributed by atoms with Crippen LogP contribution < -0.4 is 15.0 Å². The lowest BCUT2D eigenvalue weighted by Gasteiger charge is -2.17. The Labute approximate surface area is 148 Å². The number of hydrogen-bond acceptors (Lipinski definition) is 6. The lowest BCUT2D eigenvalue weighted by molar-refractivity contribution is -0.122. The number of methoxy groups -OCH3 is 1. The molecule has 1 aromatic carbocycles. The summed E-state index contributed by atoms with van der Waals surface area (Å²) in [5.41, 5.74) is 0.736. The highest BCUT2D eigenvalue weighted by molar-refractivity contribution is 7.99. The summed E-state index contributed by atoms with van der Waals surface area (Å²) in [7, 11) is 1.58. The van der Waals surface area contributed by atoms with Gasteiger partial charge in [0.05, 0.1) is 13.0 Å². The van der Waals surface area contributed by atoms with Gasteiger partial charge in [-0.25, -0.2) is 0 Å². The second-order valence-corrected chi connectivity index (χ2v) is 6.96. The van der Waals surface area contributed by atoms with Crippen molar-refractivity contribution in [1.29, 1.82) is 0 Å². The van der Waals surface area contributed by atoms with Crippen LogP contribution in [0.3, 0.4) is 0 Å². The highest BCUT2D eigenvalue weighted by Crippen LogP contribution is 2.30. The third-order valence-electron chi connectivity index (χ3n) is 4.36. The Balaban J connectivity index is 1.47. The van der Waals surface area contributed by atoms with Gasteiger partial charge in [-0.3, -0.25) is 19.5 Å². The fourth-order valence-electron chi connectivity index (χ4n) is 3.04. The maximum Gasteiger partial charge on any atom is 0.232 e. The van der Waals surface area contributed by atoms with Crippen molar-refractivity contribution in [3.8, 4) is 5.75 Å². The monoisotopic (exact) mass is 359 g/mol. The molecular formula is C16H17N5O3S. The summed E-state index contributed by atoms with van der Waals surface area (Å²) in [6.45, 7) is 1.12. The Morgan fingerprint density at radius 1 is 1.40 bits per heavy atom. The number of rotatable bonds is 4. The normalized spacial score (nSPS) is 19.2. The van der Waals surface area contributed by atoms with E-state index in [1.807, 2.05) is 22.8 Å². The number of thioether (sulfide) groups is 1. The molecule has 9 heteroatoms. The first-order valence-electron chi connectivity index (χ1n) is 7.97. The second kappa shape index (κ2) is 6.40. The summed E-state index contributed by atoms with van der Waals surface area (Å²) in [4.78, 5) is 26.5. The molecule has 0 radical (unpaired) electrons. The minimum absolute atomic E-state index is 0.0737. The summed E-state index contributed by atoms with van der Waals surface area (Å²) in [6.07, 6.45) is 0.179. The minimum Gasteiger partial charge on any atom is -0.497 e. The van der Waals surface area contributed by atoms with Crippen molar-refractivity contribution in [3.05, 3.63) is 24.3 Å². The first-order chi connectivity index (χ1) is 12.2. The third kappa shape index (κ3) is 2.95. The first kappa shape index (κ1) is 15.9. The third-order valence-corrected chi connectivity index (χ3v) is 5.31. The molecule has 130 valence electrons. The van der Waals surface area contributed by atoms with Gasteiger partial charge in [0, 0.05) is 37.0 Å². The smallest absolute Gasteiger partial charge is 0.232 e. The highest BCUT2D eigenvalue weighted by Gasteiger charge is 2.36. The van der Waals surface area contributed by atoms with Crippen LogP contribution in [-0.4, -0.2) is 46.0 Å². The predicted octanol–water partition coefficient (Wildman–Crippen LogP) is 1.38. The number of aromatic nitrogens is 3. The zero-order valence-corrected chi connectivity index (χ0v) is 14.5. The van der Waals surface area contributed by atoms with Crippen molar-refractivity contribution < 1.29 is 14.3 Å². The van der Waals surface area contributed by atoms with Gasteiger partial charge in [-0.1, -0.05) is 17.8 Å². The fraction of sp³-hybridized carbons (Fsp3) is 0.375. The number of nitrogens with zero attached hydrogens (tertiary/aromatic N) is 4. The number of anilines is 2. The van der Waals surface area contributed by atoms with Crippen molar-refractivity contribution in [2.24, 2.45) is 5.92 Å². The number of carbonyl (C=O) groups is 2. The van der Waals surface area contributed by atoms with E-state index in [4.69, 9.17) is 4.74 Å². The molecule has 0 aliphatic carbocycles. The summed E-state index contributed by atoms with van der Waals surface area (Å²) in [6, 6.07) is 7.27. The molecule has 0 unspecified atom stereocenters. The van der Waals surface area contributed by atoms with E-state index in [0.29, 0.717) is 18.2 Å². The largest absolute Gasteiger partial charge is 0.497 e. The summed E-state index contributed by atoms with van der Waals surface area (Å²) < 4.78 is 7.09. The van der Waals surface area contributed by atoms with E-state index < -0.39 is 5.92 Å². The lowest BCUT2D eigenvalue weighted by atomic mass is 10.1. The number of fused-ring (bicyclic) bond motifs is 1. The van der Waals surface area contributed by atoms with E-state index in [-0.39, 0.29) is 18.2 Å². The van der Waals surface area contributed by atoms with Crippen LogP contribution in [0.4, 0.5) is 11.6 Å². The zero-order chi connectivity index (χ0) is 17.4. The van der Waals surface area contributed by atoms with E-state index in [0.717, 1.165) is 23.1 Å². The molecule has 2 aromatic rings. The summed E-state index contributed by atoms with van der Waals surface area (Å²) >= 11 is 1.61. The maximum atomic E-state index is 12.6. The Kier molecular flexibility index (Phi) is 4.08. The molecule has 1 fully saturated rings. The topological polar surface area (TPSA) is 89.3 Å². The molecule has 3 heterocycles. The van der Waals surface area contributed by atoms with E-state index in [1.165, 1.54) is 0 Å². The van der Waals surface area contributed by atoms with Crippen LogP contribution in [-0.2, 0) is 16.1 Å². The van der Waals surface area contributed by atoms with Crippen molar-refractivity contribution >= 4 is 35.2 Å². The molecule has 0 saturated carbocycles. The van der Waals surface area contributed by atoms with Gasteiger partial charge in [-0.05, 0) is 12.1 Å². The number of ether oxygens (including phenoxy) is 1. The Morgan fingerprint density at radius 2 is 2.28 bits per heavy atom. The van der Waals surface area contributed by atoms with E-state index in [1.54, 1.807) is 29.8 Å². The average molecular weight is 359 g/mol. The van der Waals surface area contributed by atoms with E-state index >= 15 is 0 Å². The summed E-state index contributed by atoms with van der Waals surface area (Å²) in [5.74, 6) is 1.37. The van der Waals surface area contributed by atoms with Gasteiger partial charge in [-0.15, -0.1) is 10.2 Å². The molecule has 2 aliphatic heterocycles. The minimum atomic E-state index is -0.416. The average Bonchev–Trinajstić information content (AvgIpc) is 3.32. The maximum absolute atomic E-state index is 12.6. The first-order valence-corrected chi connectivity index (χ1v) is 8.95. The van der Waals surface area contributed by atoms with Gasteiger partial charge in [0.25, 0.3) is 0 Å². The van der Waals surface area contributed by atoms with Crippen LogP contribution in [0.5, 0.6) is 5.75 Å². The molecule has 1 aromatic heterocycles. The molecule has 1 atom stereocenters. The molecule has 25 heavy (non-hydrogen) atoms. The number of hydrogen-bond donors (Lipinski definition) is 1. The molecule has 1 N–H and O–H groups in total. The molecule has 2 amide bonds. The molecule has 0 spiro atoms. The SMILES string of the molecule is COc1cccc(N2C[C@@H](C(=O)Nc3nnc4n3CCS4)CC2=O)c1. The van der Waals surface area contributed by atoms with Crippen LogP contribution in [0.15, 0.2) is 29.4 Å². The van der Waals surface area contributed by atoms with Crippen molar-refractivity contribution in [2.75, 3.05) is 29.6 Å². The number of benzene rings is 1. The Hall–Kier alpha value is -2.55. The van der Waals surface area contributed by atoms with Gasteiger partial charge in [0.1, 0.15) is 5.75 Å². The van der Waals surface area contributed by atoms with Crippen LogP contribution in [0.2, 0.25) is 0 Å². The number of amides is 2. The predicted molar refractivity (Wildman–Crippen MR) is 92.8 cm³/mol. The van der Waals surface area contributed by atoms with E-state index in [2.05, 4.69) is 15.5 Å². The van der Waals surface area contributed by atoms with E-state index in [9.17, 15) is 9.59 Å². The van der Waals surface area contributed by atoms with Gasteiger partial charge in [0.15, 0.2) is 5.16 Å². The van der Waals surface area contributed by atoms with Gasteiger partial charge in [0.2, 0.25) is 17.8 Å². The fourth-order valence-corrected chi connectivity index (χ4v) is 3.93. The Bertz CT molecular complexity index is 837. The van der Waals surface area contributed by atoms with Crippen LogP contribution >= 0.6 is 11.8 Å². The van der Waals surface area contributed by atoms with Crippen LogP contribution in [0, 0.1) is 5.92 Å². The molecule has 1 saturated heterocycles. The number of nitrogens with one attached hydrogen (secondary N) is 1. The zero-order valence-electron chi connectivity index (χ0n) is 13.6. The molecule has 4 rings (SSSR count). The highest BCUT2D eigenvalue weighted by atomic mass is 32.2. The van der Waals surface area contributed by atoms with Crippen molar-refractivity contribution in [3.63, 3.8) is 0 Å².